The number of likely N-dealkylation sites (tertiary alicyclic amines) is 1. The van der Waals surface area contributed by atoms with Crippen molar-refractivity contribution in [2.75, 3.05) is 31.5 Å². The molecule has 4 aromatic rings. The summed E-state index contributed by atoms with van der Waals surface area (Å²) in [4.78, 5) is 27.3. The van der Waals surface area contributed by atoms with Crippen LogP contribution in [0.25, 0.3) is 11.0 Å². The summed E-state index contributed by atoms with van der Waals surface area (Å²) in [6.45, 7) is 10.8. The molecule has 39 heavy (non-hydrogen) atoms. The number of aromatic amines is 1. The first-order valence-electron chi connectivity index (χ1n) is 13.9. The Kier molecular flexibility index (Phi) is 7.10. The lowest BCUT2D eigenvalue weighted by molar-refractivity contribution is 0.0841. The minimum atomic E-state index is 0.143. The van der Waals surface area contributed by atoms with Gasteiger partial charge in [-0.1, -0.05) is 11.3 Å². The highest BCUT2D eigenvalue weighted by molar-refractivity contribution is 6.00. The number of hydrogen-bond acceptors (Lipinski definition) is 8. The number of rotatable bonds is 7. The Balaban J connectivity index is 1.03. The van der Waals surface area contributed by atoms with E-state index in [1.54, 1.807) is 0 Å². The Bertz CT molecular complexity index is 1470. The van der Waals surface area contributed by atoms with E-state index in [0.717, 1.165) is 67.9 Å². The first-order valence-corrected chi connectivity index (χ1v) is 13.9. The standard InChI is InChI=1S/C30H36N8O/c1-19-10-20(2)12-25(11-19)32-30-31-15-24-13-21(3)38(17-28(24)33-30)16-22-6-8-37(9-7-22)18-29(39)23-4-5-26-27(14-23)35-36-34-26/h4-5,10-12,14-15,21-22H,6-9,13,16-18H2,1-3H3,(H,31,32,33)(H,34,35,36). The summed E-state index contributed by atoms with van der Waals surface area (Å²) in [6.07, 6.45) is 5.18. The number of Topliss-reactive ketones (excluding diaryl/α,β-unsaturated/α-hetero) is 1. The quantitative estimate of drug-likeness (QED) is 0.342. The molecule has 0 spiro atoms. The molecular formula is C30H36N8O. The van der Waals surface area contributed by atoms with Gasteiger partial charge in [0.1, 0.15) is 5.52 Å². The molecule has 6 rings (SSSR count). The minimum absolute atomic E-state index is 0.143. The molecule has 0 amide bonds. The summed E-state index contributed by atoms with van der Waals surface area (Å²) in [7, 11) is 0. The Hall–Kier alpha value is -3.69. The van der Waals surface area contributed by atoms with Gasteiger partial charge in [-0.05, 0) is 106 Å². The normalized spacial score (nSPS) is 18.8. The first-order chi connectivity index (χ1) is 18.9. The molecule has 0 radical (unpaired) electrons. The monoisotopic (exact) mass is 524 g/mol. The number of fused-ring (bicyclic) bond motifs is 2. The SMILES string of the molecule is Cc1cc(C)cc(Nc2ncc3c(n2)CN(CC2CCN(CC(=O)c4ccc5[nH]nnc5c4)CC2)C(C)C3)c1. The van der Waals surface area contributed by atoms with Crippen molar-refractivity contribution in [1.29, 1.82) is 0 Å². The third-order valence-electron chi connectivity index (χ3n) is 8.14. The molecule has 2 aliphatic rings. The Morgan fingerprint density at radius 3 is 2.69 bits per heavy atom. The number of hydrogen-bond donors (Lipinski definition) is 2. The molecule has 202 valence electrons. The fourth-order valence-corrected chi connectivity index (χ4v) is 5.99. The number of carbonyl (C=O) groups excluding carboxylic acids is 1. The molecule has 2 aliphatic heterocycles. The number of nitrogens with zero attached hydrogens (tertiary/aromatic N) is 6. The predicted molar refractivity (Wildman–Crippen MR) is 152 cm³/mol. The van der Waals surface area contributed by atoms with Crippen molar-refractivity contribution in [3.8, 4) is 0 Å². The summed E-state index contributed by atoms with van der Waals surface area (Å²) in [6, 6.07) is 12.4. The van der Waals surface area contributed by atoms with E-state index in [4.69, 9.17) is 4.98 Å². The summed E-state index contributed by atoms with van der Waals surface area (Å²) >= 11 is 0. The zero-order valence-corrected chi connectivity index (χ0v) is 22.9. The average Bonchev–Trinajstić information content (AvgIpc) is 3.38. The van der Waals surface area contributed by atoms with Gasteiger partial charge < -0.3 is 5.32 Å². The molecule has 4 heterocycles. The van der Waals surface area contributed by atoms with Crippen LogP contribution >= 0.6 is 0 Å². The molecule has 0 saturated carbocycles. The van der Waals surface area contributed by atoms with Crippen molar-refractivity contribution in [3.05, 3.63) is 70.5 Å². The molecule has 1 unspecified atom stereocenters. The first kappa shape index (κ1) is 25.6. The largest absolute Gasteiger partial charge is 0.324 e. The van der Waals surface area contributed by atoms with E-state index in [1.165, 1.54) is 16.7 Å². The fraction of sp³-hybridized carbons (Fsp3) is 0.433. The maximum atomic E-state index is 12.9. The van der Waals surface area contributed by atoms with E-state index in [-0.39, 0.29) is 5.78 Å². The van der Waals surface area contributed by atoms with Crippen molar-refractivity contribution in [2.45, 2.75) is 52.6 Å². The van der Waals surface area contributed by atoms with Crippen LogP contribution in [0, 0.1) is 19.8 Å². The lowest BCUT2D eigenvalue weighted by Crippen LogP contribution is -2.45. The van der Waals surface area contributed by atoms with Crippen molar-refractivity contribution >= 4 is 28.5 Å². The second-order valence-electron chi connectivity index (χ2n) is 11.3. The number of benzene rings is 2. The average molecular weight is 525 g/mol. The number of carbonyl (C=O) groups is 1. The Morgan fingerprint density at radius 2 is 1.90 bits per heavy atom. The molecule has 1 atom stereocenters. The van der Waals surface area contributed by atoms with Gasteiger partial charge >= 0.3 is 0 Å². The lowest BCUT2D eigenvalue weighted by atomic mass is 9.93. The third kappa shape index (κ3) is 5.84. The minimum Gasteiger partial charge on any atom is -0.324 e. The summed E-state index contributed by atoms with van der Waals surface area (Å²) in [5.41, 5.74) is 8.13. The maximum absolute atomic E-state index is 12.9. The van der Waals surface area contributed by atoms with Crippen LogP contribution in [0.15, 0.2) is 42.6 Å². The van der Waals surface area contributed by atoms with E-state index >= 15 is 0 Å². The van der Waals surface area contributed by atoms with E-state index in [9.17, 15) is 4.79 Å². The highest BCUT2D eigenvalue weighted by atomic mass is 16.1. The van der Waals surface area contributed by atoms with Gasteiger partial charge in [-0.15, -0.1) is 5.10 Å². The van der Waals surface area contributed by atoms with Gasteiger partial charge in [-0.3, -0.25) is 19.7 Å². The summed E-state index contributed by atoms with van der Waals surface area (Å²) in [5, 5.41) is 14.1. The van der Waals surface area contributed by atoms with Crippen LogP contribution in [0.1, 0.15) is 52.5 Å². The number of anilines is 2. The third-order valence-corrected chi connectivity index (χ3v) is 8.14. The molecule has 0 aliphatic carbocycles. The summed E-state index contributed by atoms with van der Waals surface area (Å²) in [5.74, 6) is 1.43. The van der Waals surface area contributed by atoms with Gasteiger partial charge in [0.05, 0.1) is 17.8 Å². The van der Waals surface area contributed by atoms with Crippen LogP contribution in [0.4, 0.5) is 11.6 Å². The van der Waals surface area contributed by atoms with Crippen LogP contribution in [-0.2, 0) is 13.0 Å². The molecule has 9 nitrogen and oxygen atoms in total. The van der Waals surface area contributed by atoms with Gasteiger partial charge in [0.25, 0.3) is 0 Å². The highest BCUT2D eigenvalue weighted by Crippen LogP contribution is 2.27. The molecule has 2 aromatic heterocycles. The van der Waals surface area contributed by atoms with Crippen LogP contribution in [0.3, 0.4) is 0 Å². The van der Waals surface area contributed by atoms with E-state index in [0.29, 0.717) is 30.0 Å². The maximum Gasteiger partial charge on any atom is 0.227 e. The second-order valence-corrected chi connectivity index (χ2v) is 11.3. The molecule has 2 aromatic carbocycles. The van der Waals surface area contributed by atoms with Crippen molar-refractivity contribution < 1.29 is 4.79 Å². The molecule has 1 fully saturated rings. The van der Waals surface area contributed by atoms with Gasteiger partial charge in [-0.25, -0.2) is 9.97 Å². The van der Waals surface area contributed by atoms with Gasteiger partial charge in [0.2, 0.25) is 5.95 Å². The number of aromatic nitrogens is 5. The number of piperidine rings is 1. The van der Waals surface area contributed by atoms with Crippen LogP contribution < -0.4 is 5.32 Å². The second kappa shape index (κ2) is 10.8. The van der Waals surface area contributed by atoms with Crippen LogP contribution in [0.5, 0.6) is 0 Å². The predicted octanol–water partition coefficient (Wildman–Crippen LogP) is 4.45. The number of aryl methyl sites for hydroxylation is 2. The lowest BCUT2D eigenvalue weighted by Gasteiger charge is -2.39. The van der Waals surface area contributed by atoms with Crippen molar-refractivity contribution in [3.63, 3.8) is 0 Å². The van der Waals surface area contributed by atoms with Crippen molar-refractivity contribution in [1.82, 2.24) is 35.2 Å². The molecular weight excluding hydrogens is 488 g/mol. The van der Waals surface area contributed by atoms with Gasteiger partial charge in [0.15, 0.2) is 5.78 Å². The number of ketones is 1. The molecule has 1 saturated heterocycles. The Labute approximate surface area is 229 Å². The van der Waals surface area contributed by atoms with Crippen LogP contribution in [-0.4, -0.2) is 73.2 Å². The number of H-pyrrole nitrogens is 1. The zero-order chi connectivity index (χ0) is 26.9. The summed E-state index contributed by atoms with van der Waals surface area (Å²) < 4.78 is 0. The molecule has 9 heteroatoms. The van der Waals surface area contributed by atoms with Crippen LogP contribution in [0.2, 0.25) is 0 Å². The number of nitrogens with one attached hydrogen (secondary N) is 2. The van der Waals surface area contributed by atoms with Gasteiger partial charge in [-0.2, -0.15) is 0 Å². The molecule has 0 bridgehead atoms. The molecule has 2 N–H and O–H groups in total. The van der Waals surface area contributed by atoms with E-state index in [1.807, 2.05) is 24.4 Å². The topological polar surface area (TPSA) is 103 Å². The van der Waals surface area contributed by atoms with Crippen molar-refractivity contribution in [2.24, 2.45) is 5.92 Å². The Morgan fingerprint density at radius 1 is 1.10 bits per heavy atom. The van der Waals surface area contributed by atoms with E-state index < -0.39 is 0 Å². The van der Waals surface area contributed by atoms with Gasteiger partial charge in [0, 0.05) is 36.6 Å². The van der Waals surface area contributed by atoms with E-state index in [2.05, 4.69) is 74.5 Å². The fourth-order valence-electron chi connectivity index (χ4n) is 5.99. The smallest absolute Gasteiger partial charge is 0.227 e. The zero-order valence-electron chi connectivity index (χ0n) is 22.9. The highest BCUT2D eigenvalue weighted by Gasteiger charge is 2.29.